The molecule has 2 nitrogen and oxygen atoms in total. The Labute approximate surface area is 98.1 Å². The molecule has 0 unspecified atom stereocenters. The number of alkyl halides is 6. The van der Waals surface area contributed by atoms with Crippen molar-refractivity contribution in [2.24, 2.45) is 0 Å². The minimum absolute atomic E-state index is 0.000415. The van der Waals surface area contributed by atoms with Crippen molar-refractivity contribution in [1.82, 2.24) is 0 Å². The number of halogens is 6. The highest BCUT2D eigenvalue weighted by molar-refractivity contribution is 5.44. The van der Waals surface area contributed by atoms with Crippen LogP contribution < -0.4 is 9.47 Å². The topological polar surface area (TPSA) is 18.5 Å². The van der Waals surface area contributed by atoms with E-state index in [4.69, 9.17) is 4.74 Å². The Kier molecular flexibility index (Phi) is 3.98. The zero-order valence-corrected chi connectivity index (χ0v) is 9.02. The average molecular weight is 274 g/mol. The van der Waals surface area contributed by atoms with E-state index in [0.29, 0.717) is 6.07 Å². The van der Waals surface area contributed by atoms with Crippen molar-refractivity contribution in [2.75, 3.05) is 6.61 Å². The van der Waals surface area contributed by atoms with E-state index in [0.717, 1.165) is 6.07 Å². The fourth-order valence-electron chi connectivity index (χ4n) is 1.16. The van der Waals surface area contributed by atoms with Crippen molar-refractivity contribution in [1.29, 1.82) is 0 Å². The third kappa shape index (κ3) is 4.01. The molecule has 0 spiro atoms. The van der Waals surface area contributed by atoms with E-state index >= 15 is 0 Å². The molecule has 0 fully saturated rings. The van der Waals surface area contributed by atoms with Gasteiger partial charge in [-0.3, -0.25) is 0 Å². The smallest absolute Gasteiger partial charge is 0.490 e. The lowest BCUT2D eigenvalue weighted by atomic mass is 10.2. The summed E-state index contributed by atoms with van der Waals surface area (Å²) in [6, 6.07) is 1.65. The number of rotatable bonds is 3. The molecule has 0 heterocycles. The van der Waals surface area contributed by atoms with Crippen LogP contribution in [-0.4, -0.2) is 13.0 Å². The molecule has 0 N–H and O–H groups in total. The van der Waals surface area contributed by atoms with Crippen LogP contribution in [-0.2, 0) is 6.18 Å². The predicted molar refractivity (Wildman–Crippen MR) is 49.3 cm³/mol. The van der Waals surface area contributed by atoms with Crippen LogP contribution in [0.5, 0.6) is 11.5 Å². The fourth-order valence-corrected chi connectivity index (χ4v) is 1.16. The number of hydrogen-bond acceptors (Lipinski definition) is 2. The molecule has 0 amide bonds. The Morgan fingerprint density at radius 1 is 1.00 bits per heavy atom. The van der Waals surface area contributed by atoms with Gasteiger partial charge in [-0.2, -0.15) is 13.2 Å². The van der Waals surface area contributed by atoms with E-state index in [9.17, 15) is 26.3 Å². The van der Waals surface area contributed by atoms with Gasteiger partial charge in [-0.1, -0.05) is 0 Å². The first-order valence-electron chi connectivity index (χ1n) is 4.73. The van der Waals surface area contributed by atoms with Gasteiger partial charge in [0.05, 0.1) is 12.2 Å². The highest BCUT2D eigenvalue weighted by Gasteiger charge is 2.35. The SMILES string of the molecule is CCOc1ccc(C(F)(F)F)cc1OC(F)(F)F. The van der Waals surface area contributed by atoms with Crippen molar-refractivity contribution in [3.63, 3.8) is 0 Å². The van der Waals surface area contributed by atoms with Gasteiger partial charge in [0.15, 0.2) is 11.5 Å². The lowest BCUT2D eigenvalue weighted by Crippen LogP contribution is -2.18. The molecular weight excluding hydrogens is 266 g/mol. The molecule has 0 aromatic heterocycles. The summed E-state index contributed by atoms with van der Waals surface area (Å²) < 4.78 is 81.4. The predicted octanol–water partition coefficient (Wildman–Crippen LogP) is 4.00. The van der Waals surface area contributed by atoms with Crippen LogP contribution in [0.3, 0.4) is 0 Å². The van der Waals surface area contributed by atoms with Gasteiger partial charge in [0, 0.05) is 0 Å². The monoisotopic (exact) mass is 274 g/mol. The fraction of sp³-hybridized carbons (Fsp3) is 0.400. The minimum Gasteiger partial charge on any atom is -0.490 e. The molecule has 0 aliphatic rings. The van der Waals surface area contributed by atoms with Crippen molar-refractivity contribution >= 4 is 0 Å². The second-order valence-electron chi connectivity index (χ2n) is 3.14. The summed E-state index contributed by atoms with van der Waals surface area (Å²) in [6.07, 6.45) is -9.84. The van der Waals surface area contributed by atoms with Gasteiger partial charge in [0.2, 0.25) is 0 Å². The Morgan fingerprint density at radius 3 is 2.06 bits per heavy atom. The molecule has 8 heteroatoms. The molecule has 102 valence electrons. The molecular formula is C10H8F6O2. The Balaban J connectivity index is 3.16. The van der Waals surface area contributed by atoms with Gasteiger partial charge in [-0.15, -0.1) is 13.2 Å². The molecule has 0 atom stereocenters. The quantitative estimate of drug-likeness (QED) is 0.775. The molecule has 1 rings (SSSR count). The molecule has 0 aliphatic carbocycles. The summed E-state index contributed by atoms with van der Waals surface area (Å²) in [7, 11) is 0. The highest BCUT2D eigenvalue weighted by atomic mass is 19.4. The Hall–Kier alpha value is -1.60. The molecule has 0 aliphatic heterocycles. The molecule has 1 aromatic carbocycles. The van der Waals surface area contributed by atoms with Crippen LogP contribution in [0, 0.1) is 0 Å². The van der Waals surface area contributed by atoms with Gasteiger partial charge in [-0.05, 0) is 25.1 Å². The molecule has 18 heavy (non-hydrogen) atoms. The van der Waals surface area contributed by atoms with Crippen LogP contribution >= 0.6 is 0 Å². The normalized spacial score (nSPS) is 12.4. The van der Waals surface area contributed by atoms with Crippen LogP contribution in [0.4, 0.5) is 26.3 Å². The second-order valence-corrected chi connectivity index (χ2v) is 3.14. The Bertz CT molecular complexity index is 410. The lowest BCUT2D eigenvalue weighted by molar-refractivity contribution is -0.275. The molecule has 0 radical (unpaired) electrons. The number of ether oxygens (including phenoxy) is 2. The average Bonchev–Trinajstić information content (AvgIpc) is 2.17. The second kappa shape index (κ2) is 4.95. The molecule has 0 bridgehead atoms. The molecule has 0 saturated carbocycles. The standard InChI is InChI=1S/C10H8F6O2/c1-2-17-7-4-3-6(9(11,12)13)5-8(7)18-10(14,15)16/h3-5H,2H2,1H3. The molecule has 1 aromatic rings. The van der Waals surface area contributed by atoms with Crippen LogP contribution in [0.2, 0.25) is 0 Å². The minimum atomic E-state index is -5.09. The third-order valence-corrected chi connectivity index (χ3v) is 1.80. The number of benzene rings is 1. The maximum atomic E-state index is 12.3. The summed E-state index contributed by atoms with van der Waals surface area (Å²) in [4.78, 5) is 0. The summed E-state index contributed by atoms with van der Waals surface area (Å²) in [5.74, 6) is -1.41. The number of hydrogen-bond donors (Lipinski definition) is 0. The summed E-state index contributed by atoms with van der Waals surface area (Å²) in [5.41, 5.74) is -1.25. The summed E-state index contributed by atoms with van der Waals surface area (Å²) in [6.45, 7) is 1.48. The van der Waals surface area contributed by atoms with E-state index in [1.54, 1.807) is 0 Å². The van der Waals surface area contributed by atoms with Crippen molar-refractivity contribution in [3.8, 4) is 11.5 Å². The zero-order valence-electron chi connectivity index (χ0n) is 9.02. The van der Waals surface area contributed by atoms with Crippen molar-refractivity contribution in [2.45, 2.75) is 19.5 Å². The van der Waals surface area contributed by atoms with E-state index in [1.165, 1.54) is 6.92 Å². The van der Waals surface area contributed by atoms with E-state index in [2.05, 4.69) is 4.74 Å². The first-order chi connectivity index (χ1) is 8.13. The van der Waals surface area contributed by atoms with Crippen molar-refractivity contribution < 1.29 is 35.8 Å². The Morgan fingerprint density at radius 2 is 1.61 bits per heavy atom. The maximum Gasteiger partial charge on any atom is 0.573 e. The van der Waals surface area contributed by atoms with E-state index in [1.807, 2.05) is 0 Å². The van der Waals surface area contributed by atoms with Crippen molar-refractivity contribution in [3.05, 3.63) is 23.8 Å². The highest BCUT2D eigenvalue weighted by Crippen LogP contribution is 2.38. The van der Waals surface area contributed by atoms with Gasteiger partial charge in [0.25, 0.3) is 0 Å². The zero-order chi connectivity index (χ0) is 14.0. The van der Waals surface area contributed by atoms with Crippen LogP contribution in [0.15, 0.2) is 18.2 Å². The van der Waals surface area contributed by atoms with Gasteiger partial charge < -0.3 is 9.47 Å². The summed E-state index contributed by atoms with van der Waals surface area (Å²) >= 11 is 0. The van der Waals surface area contributed by atoms with Gasteiger partial charge >= 0.3 is 12.5 Å². The first-order valence-corrected chi connectivity index (χ1v) is 4.73. The van der Waals surface area contributed by atoms with E-state index < -0.39 is 29.6 Å². The first kappa shape index (κ1) is 14.5. The van der Waals surface area contributed by atoms with Gasteiger partial charge in [-0.25, -0.2) is 0 Å². The lowest BCUT2D eigenvalue weighted by Gasteiger charge is -2.15. The summed E-state index contributed by atoms with van der Waals surface area (Å²) in [5, 5.41) is 0. The van der Waals surface area contributed by atoms with Crippen LogP contribution in [0.25, 0.3) is 0 Å². The van der Waals surface area contributed by atoms with E-state index in [-0.39, 0.29) is 12.7 Å². The largest absolute Gasteiger partial charge is 0.573 e. The molecule has 0 saturated heterocycles. The maximum absolute atomic E-state index is 12.3. The third-order valence-electron chi connectivity index (χ3n) is 1.80. The van der Waals surface area contributed by atoms with Gasteiger partial charge in [0.1, 0.15) is 0 Å². The van der Waals surface area contributed by atoms with Crippen LogP contribution in [0.1, 0.15) is 12.5 Å².